The van der Waals surface area contributed by atoms with Gasteiger partial charge in [0.05, 0.1) is 0 Å². The highest BCUT2D eigenvalue weighted by Crippen LogP contribution is 2.12. The second kappa shape index (κ2) is 11.8. The van der Waals surface area contributed by atoms with Gasteiger partial charge in [-0.05, 0) is 12.1 Å². The van der Waals surface area contributed by atoms with Crippen LogP contribution in [0.2, 0.25) is 0 Å². The number of rotatable bonds is 6. The van der Waals surface area contributed by atoms with Gasteiger partial charge in [0.1, 0.15) is 0 Å². The third kappa shape index (κ3) is 8.08. The van der Waals surface area contributed by atoms with Crippen LogP contribution in [0.1, 0.15) is 0 Å². The third-order valence-electron chi connectivity index (χ3n) is 2.00. The zero-order valence-corrected chi connectivity index (χ0v) is 11.5. The number of hydrogen-bond acceptors (Lipinski definition) is 2. The summed E-state index contributed by atoms with van der Waals surface area (Å²) < 4.78 is 0. The Morgan fingerprint density at radius 3 is 1.94 bits per heavy atom. The molecular formula is C13H20Cl2N2. The van der Waals surface area contributed by atoms with E-state index in [2.05, 4.69) is 23.6 Å². The summed E-state index contributed by atoms with van der Waals surface area (Å²) in [5.74, 6) is 1.26. The molecule has 0 aliphatic heterocycles. The van der Waals surface area contributed by atoms with Gasteiger partial charge in [0, 0.05) is 37.1 Å². The second-order valence-corrected chi connectivity index (χ2v) is 3.98. The second-order valence-electron chi connectivity index (χ2n) is 3.22. The lowest BCUT2D eigenvalue weighted by Gasteiger charge is -2.22. The predicted molar refractivity (Wildman–Crippen MR) is 79.3 cm³/mol. The van der Waals surface area contributed by atoms with Gasteiger partial charge in [-0.1, -0.05) is 24.3 Å². The monoisotopic (exact) mass is 274 g/mol. The van der Waals surface area contributed by atoms with E-state index in [-0.39, 0.29) is 0 Å². The molecule has 96 valence electrons. The molecule has 1 aromatic carbocycles. The number of para-hydroxylation sites is 1. The fraction of sp³-hybridized carbons (Fsp3) is 0.385. The third-order valence-corrected chi connectivity index (χ3v) is 2.33. The summed E-state index contributed by atoms with van der Waals surface area (Å²) in [6.07, 6.45) is 1.65. The van der Waals surface area contributed by atoms with Crippen molar-refractivity contribution >= 4 is 28.9 Å². The van der Waals surface area contributed by atoms with Gasteiger partial charge in [0.15, 0.2) is 0 Å². The summed E-state index contributed by atoms with van der Waals surface area (Å²) in [5.41, 5.74) is 6.09. The molecule has 0 bridgehead atoms. The minimum Gasteiger partial charge on any atom is -0.369 e. The number of hydrogen-bond donors (Lipinski definition) is 1. The van der Waals surface area contributed by atoms with Crippen molar-refractivity contribution < 1.29 is 0 Å². The van der Waals surface area contributed by atoms with Crippen LogP contribution in [-0.2, 0) is 0 Å². The van der Waals surface area contributed by atoms with Crippen LogP contribution >= 0.6 is 23.2 Å². The fourth-order valence-electron chi connectivity index (χ4n) is 1.21. The molecule has 0 amide bonds. The van der Waals surface area contributed by atoms with E-state index in [0.717, 1.165) is 13.1 Å². The fourth-order valence-corrected chi connectivity index (χ4v) is 1.62. The first-order valence-electron chi connectivity index (χ1n) is 5.53. The van der Waals surface area contributed by atoms with Gasteiger partial charge >= 0.3 is 0 Å². The molecule has 0 saturated carbocycles. The molecule has 2 N–H and O–H groups in total. The van der Waals surface area contributed by atoms with E-state index in [1.807, 2.05) is 18.2 Å². The van der Waals surface area contributed by atoms with E-state index in [0.29, 0.717) is 18.3 Å². The maximum absolute atomic E-state index is 5.70. The first-order valence-corrected chi connectivity index (χ1v) is 6.60. The van der Waals surface area contributed by atoms with E-state index in [9.17, 15) is 0 Å². The van der Waals surface area contributed by atoms with E-state index in [4.69, 9.17) is 28.9 Å². The lowest BCUT2D eigenvalue weighted by Crippen LogP contribution is -2.27. The molecule has 0 atom stereocenters. The topological polar surface area (TPSA) is 29.3 Å². The van der Waals surface area contributed by atoms with Crippen molar-refractivity contribution in [2.24, 2.45) is 5.73 Å². The normalized spacial score (nSPS) is 9.12. The highest BCUT2D eigenvalue weighted by atomic mass is 35.5. The SMILES string of the molecule is C=CCN.ClCCN(CCCl)c1ccccc1. The molecule has 0 aliphatic rings. The number of anilines is 1. The number of nitrogens with two attached hydrogens (primary N) is 1. The Balaban J connectivity index is 0.000000557. The molecule has 17 heavy (non-hydrogen) atoms. The van der Waals surface area contributed by atoms with Gasteiger partial charge in [0.25, 0.3) is 0 Å². The zero-order valence-electron chi connectivity index (χ0n) is 9.99. The van der Waals surface area contributed by atoms with Gasteiger partial charge < -0.3 is 10.6 Å². The number of alkyl halides is 2. The summed E-state index contributed by atoms with van der Waals surface area (Å²) in [7, 11) is 0. The maximum atomic E-state index is 5.70. The molecule has 1 aromatic rings. The number of benzene rings is 1. The van der Waals surface area contributed by atoms with Crippen molar-refractivity contribution in [1.82, 2.24) is 0 Å². The Morgan fingerprint density at radius 2 is 1.59 bits per heavy atom. The zero-order chi connectivity index (χ0) is 12.9. The molecule has 0 radical (unpaired) electrons. The predicted octanol–water partition coefficient (Wildman–Crippen LogP) is 3.10. The van der Waals surface area contributed by atoms with E-state index >= 15 is 0 Å². The molecule has 0 unspecified atom stereocenters. The lowest BCUT2D eigenvalue weighted by atomic mass is 10.3. The first-order chi connectivity index (χ1) is 8.29. The van der Waals surface area contributed by atoms with Gasteiger partial charge in [-0.3, -0.25) is 0 Å². The lowest BCUT2D eigenvalue weighted by molar-refractivity contribution is 0.874. The smallest absolute Gasteiger partial charge is 0.0399 e. The molecule has 1 rings (SSSR count). The minimum atomic E-state index is 0.583. The Hall–Kier alpha value is -0.700. The molecule has 0 spiro atoms. The minimum absolute atomic E-state index is 0.583. The Morgan fingerprint density at radius 1 is 1.12 bits per heavy atom. The van der Waals surface area contributed by atoms with Crippen LogP contribution in [0.4, 0.5) is 5.69 Å². The molecule has 0 saturated heterocycles. The van der Waals surface area contributed by atoms with Crippen LogP contribution in [-0.4, -0.2) is 31.4 Å². The van der Waals surface area contributed by atoms with Gasteiger partial charge in [-0.2, -0.15) is 0 Å². The maximum Gasteiger partial charge on any atom is 0.0399 e. The summed E-state index contributed by atoms with van der Waals surface area (Å²) >= 11 is 11.4. The Labute approximate surface area is 114 Å². The summed E-state index contributed by atoms with van der Waals surface area (Å²) in [6.45, 7) is 5.63. The summed E-state index contributed by atoms with van der Waals surface area (Å²) in [6, 6.07) is 10.2. The van der Waals surface area contributed by atoms with Crippen LogP contribution in [0.3, 0.4) is 0 Å². The van der Waals surface area contributed by atoms with Crippen molar-refractivity contribution in [1.29, 1.82) is 0 Å². The van der Waals surface area contributed by atoms with Gasteiger partial charge in [0.2, 0.25) is 0 Å². The van der Waals surface area contributed by atoms with Crippen molar-refractivity contribution in [3.63, 3.8) is 0 Å². The van der Waals surface area contributed by atoms with Crippen LogP contribution < -0.4 is 10.6 Å². The average Bonchev–Trinajstić information content (AvgIpc) is 2.40. The summed E-state index contributed by atoms with van der Waals surface area (Å²) in [4.78, 5) is 2.18. The standard InChI is InChI=1S/C10H13Cl2N.C3H7N/c11-6-8-13(9-7-12)10-4-2-1-3-5-10;1-2-3-4/h1-5H,6-9H2;2H,1,3-4H2. The number of nitrogens with zero attached hydrogens (tertiary/aromatic N) is 1. The molecule has 2 nitrogen and oxygen atoms in total. The van der Waals surface area contributed by atoms with E-state index in [1.165, 1.54) is 5.69 Å². The molecule has 0 aliphatic carbocycles. The molecule has 4 heteroatoms. The average molecular weight is 275 g/mol. The Kier molecular flexibility index (Phi) is 11.3. The molecular weight excluding hydrogens is 255 g/mol. The van der Waals surface area contributed by atoms with Crippen molar-refractivity contribution in [2.75, 3.05) is 36.3 Å². The van der Waals surface area contributed by atoms with E-state index in [1.54, 1.807) is 6.08 Å². The van der Waals surface area contributed by atoms with Crippen LogP contribution in [0, 0.1) is 0 Å². The summed E-state index contributed by atoms with van der Waals surface area (Å²) in [5, 5.41) is 0. The molecule has 0 fully saturated rings. The van der Waals surface area contributed by atoms with Crippen molar-refractivity contribution in [2.45, 2.75) is 0 Å². The highest BCUT2D eigenvalue weighted by Gasteiger charge is 2.02. The van der Waals surface area contributed by atoms with Crippen LogP contribution in [0.25, 0.3) is 0 Å². The molecule has 0 aromatic heterocycles. The van der Waals surface area contributed by atoms with Gasteiger partial charge in [-0.25, -0.2) is 0 Å². The first kappa shape index (κ1) is 16.3. The highest BCUT2D eigenvalue weighted by molar-refractivity contribution is 6.18. The van der Waals surface area contributed by atoms with Crippen LogP contribution in [0.5, 0.6) is 0 Å². The Bertz CT molecular complexity index is 272. The number of halogens is 2. The van der Waals surface area contributed by atoms with E-state index < -0.39 is 0 Å². The van der Waals surface area contributed by atoms with Crippen molar-refractivity contribution in [3.05, 3.63) is 43.0 Å². The quantitative estimate of drug-likeness (QED) is 0.638. The van der Waals surface area contributed by atoms with Crippen LogP contribution in [0.15, 0.2) is 43.0 Å². The van der Waals surface area contributed by atoms with Crippen molar-refractivity contribution in [3.8, 4) is 0 Å². The largest absolute Gasteiger partial charge is 0.369 e. The molecule has 0 heterocycles. The van der Waals surface area contributed by atoms with Gasteiger partial charge in [-0.15, -0.1) is 29.8 Å².